The van der Waals surface area contributed by atoms with Crippen molar-refractivity contribution in [1.29, 1.82) is 0 Å². The number of morpholine rings is 1. The second kappa shape index (κ2) is 7.17. The lowest BCUT2D eigenvalue weighted by Gasteiger charge is -2.27. The molecule has 0 atom stereocenters. The van der Waals surface area contributed by atoms with Crippen LogP contribution in [0.5, 0.6) is 0 Å². The summed E-state index contributed by atoms with van der Waals surface area (Å²) in [7, 11) is 0. The molecule has 3 heterocycles. The highest BCUT2D eigenvalue weighted by Crippen LogP contribution is 2.27. The summed E-state index contributed by atoms with van der Waals surface area (Å²) in [5.41, 5.74) is 2.26. The van der Waals surface area contributed by atoms with Crippen LogP contribution in [-0.2, 0) is 4.74 Å². The number of hydrogen-bond acceptors (Lipinski definition) is 4. The molecular formula is C19H18ClFN4O2. The molecule has 140 valence electrons. The SMILES string of the molecule is Cc1ccc2c(Nc3cc(Cl)ccc3F)ncc(C(=O)N3CCOCC3)n12. The van der Waals surface area contributed by atoms with Crippen molar-refractivity contribution in [2.24, 2.45) is 0 Å². The average Bonchev–Trinajstić information content (AvgIpc) is 3.07. The maximum Gasteiger partial charge on any atom is 0.272 e. The quantitative estimate of drug-likeness (QED) is 0.744. The van der Waals surface area contributed by atoms with Crippen molar-refractivity contribution in [1.82, 2.24) is 14.3 Å². The number of ether oxygens (including phenoxy) is 1. The number of aromatic nitrogens is 2. The van der Waals surface area contributed by atoms with Gasteiger partial charge in [0.15, 0.2) is 5.82 Å². The Kier molecular flexibility index (Phi) is 4.72. The van der Waals surface area contributed by atoms with Gasteiger partial charge in [-0.25, -0.2) is 9.37 Å². The van der Waals surface area contributed by atoms with Crippen LogP contribution in [0.25, 0.3) is 5.52 Å². The fourth-order valence-corrected chi connectivity index (χ4v) is 3.36. The van der Waals surface area contributed by atoms with Crippen LogP contribution in [0.2, 0.25) is 5.02 Å². The fourth-order valence-electron chi connectivity index (χ4n) is 3.19. The Labute approximate surface area is 160 Å². The Morgan fingerprint density at radius 3 is 2.81 bits per heavy atom. The highest BCUT2D eigenvalue weighted by molar-refractivity contribution is 6.30. The third-order valence-corrected chi connectivity index (χ3v) is 4.81. The standard InChI is InChI=1S/C19H18ClFN4O2/c1-12-2-5-16-18(23-15-10-13(20)3-4-14(15)21)22-11-17(25(12)16)19(26)24-6-8-27-9-7-24/h2-5,10-11H,6-9H2,1H3,(H,22,23). The summed E-state index contributed by atoms with van der Waals surface area (Å²) in [5.74, 6) is -0.0884. The van der Waals surface area contributed by atoms with Gasteiger partial charge in [-0.05, 0) is 37.3 Å². The Morgan fingerprint density at radius 1 is 1.26 bits per heavy atom. The van der Waals surface area contributed by atoms with E-state index < -0.39 is 5.82 Å². The van der Waals surface area contributed by atoms with Crippen molar-refractivity contribution < 1.29 is 13.9 Å². The van der Waals surface area contributed by atoms with Crippen LogP contribution in [0.3, 0.4) is 0 Å². The maximum atomic E-state index is 14.1. The van der Waals surface area contributed by atoms with E-state index in [2.05, 4.69) is 10.3 Å². The molecule has 1 aliphatic heterocycles. The summed E-state index contributed by atoms with van der Waals surface area (Å²) in [6.07, 6.45) is 1.52. The van der Waals surface area contributed by atoms with Crippen LogP contribution in [-0.4, -0.2) is 46.5 Å². The summed E-state index contributed by atoms with van der Waals surface area (Å²) >= 11 is 5.97. The van der Waals surface area contributed by atoms with Gasteiger partial charge in [0, 0.05) is 23.8 Å². The van der Waals surface area contributed by atoms with Crippen molar-refractivity contribution in [2.45, 2.75) is 6.92 Å². The van der Waals surface area contributed by atoms with E-state index in [1.165, 1.54) is 24.4 Å². The minimum Gasteiger partial charge on any atom is -0.378 e. The zero-order chi connectivity index (χ0) is 19.0. The molecule has 1 amide bonds. The molecule has 1 aliphatic rings. The second-order valence-corrected chi connectivity index (χ2v) is 6.78. The Hall–Kier alpha value is -2.64. The molecule has 0 aliphatic carbocycles. The molecule has 0 saturated carbocycles. The van der Waals surface area contributed by atoms with E-state index in [0.717, 1.165) is 5.69 Å². The molecular weight excluding hydrogens is 371 g/mol. The highest BCUT2D eigenvalue weighted by Gasteiger charge is 2.23. The molecule has 1 N–H and O–H groups in total. The first-order chi connectivity index (χ1) is 13.0. The number of anilines is 2. The van der Waals surface area contributed by atoms with Crippen LogP contribution in [0.4, 0.5) is 15.9 Å². The number of aryl methyl sites for hydroxylation is 1. The highest BCUT2D eigenvalue weighted by atomic mass is 35.5. The third kappa shape index (κ3) is 3.36. The van der Waals surface area contributed by atoms with Crippen molar-refractivity contribution in [2.75, 3.05) is 31.6 Å². The van der Waals surface area contributed by atoms with Crippen molar-refractivity contribution in [3.63, 3.8) is 0 Å². The molecule has 0 spiro atoms. The first-order valence-corrected chi connectivity index (χ1v) is 8.98. The van der Waals surface area contributed by atoms with E-state index >= 15 is 0 Å². The minimum absolute atomic E-state index is 0.101. The van der Waals surface area contributed by atoms with Gasteiger partial charge in [0.1, 0.15) is 11.5 Å². The molecule has 0 radical (unpaired) electrons. The first kappa shape index (κ1) is 17.8. The molecule has 2 aromatic heterocycles. The topological polar surface area (TPSA) is 58.9 Å². The predicted molar refractivity (Wildman–Crippen MR) is 101 cm³/mol. The monoisotopic (exact) mass is 388 g/mol. The van der Waals surface area contributed by atoms with Crippen LogP contribution in [0, 0.1) is 12.7 Å². The summed E-state index contributed by atoms with van der Waals surface area (Å²) in [4.78, 5) is 19.1. The number of rotatable bonds is 3. The molecule has 1 aromatic carbocycles. The molecule has 1 fully saturated rings. The largest absolute Gasteiger partial charge is 0.378 e. The van der Waals surface area contributed by atoms with E-state index in [9.17, 15) is 9.18 Å². The van der Waals surface area contributed by atoms with Gasteiger partial charge < -0.3 is 19.4 Å². The zero-order valence-corrected chi connectivity index (χ0v) is 15.5. The van der Waals surface area contributed by atoms with E-state index in [1.54, 1.807) is 4.90 Å². The second-order valence-electron chi connectivity index (χ2n) is 6.34. The minimum atomic E-state index is -0.434. The zero-order valence-electron chi connectivity index (χ0n) is 14.7. The number of benzene rings is 1. The number of fused-ring (bicyclic) bond motifs is 1. The Bertz CT molecular complexity index is 1010. The lowest BCUT2D eigenvalue weighted by Crippen LogP contribution is -2.41. The molecule has 3 aromatic rings. The summed E-state index contributed by atoms with van der Waals surface area (Å²) in [6.45, 7) is 4.07. The van der Waals surface area contributed by atoms with Crippen molar-refractivity contribution >= 4 is 34.5 Å². The van der Waals surface area contributed by atoms with E-state index in [4.69, 9.17) is 16.3 Å². The molecule has 0 unspecified atom stereocenters. The Balaban J connectivity index is 1.74. The van der Waals surface area contributed by atoms with Gasteiger partial charge in [0.05, 0.1) is 30.6 Å². The normalized spacial score (nSPS) is 14.6. The molecule has 0 bridgehead atoms. The molecule has 27 heavy (non-hydrogen) atoms. The number of nitrogens with one attached hydrogen (secondary N) is 1. The fraction of sp³-hybridized carbons (Fsp3) is 0.263. The van der Waals surface area contributed by atoms with Gasteiger partial charge in [-0.2, -0.15) is 0 Å². The van der Waals surface area contributed by atoms with Gasteiger partial charge in [-0.3, -0.25) is 4.79 Å². The van der Waals surface area contributed by atoms with Crippen LogP contribution >= 0.6 is 11.6 Å². The lowest BCUT2D eigenvalue weighted by atomic mass is 10.3. The number of nitrogens with zero attached hydrogens (tertiary/aromatic N) is 3. The molecule has 1 saturated heterocycles. The number of hydrogen-bond donors (Lipinski definition) is 1. The van der Waals surface area contributed by atoms with E-state index in [1.807, 2.05) is 23.5 Å². The number of halogens is 2. The van der Waals surface area contributed by atoms with E-state index in [0.29, 0.717) is 48.4 Å². The van der Waals surface area contributed by atoms with Crippen molar-refractivity contribution in [3.8, 4) is 0 Å². The van der Waals surface area contributed by atoms with Gasteiger partial charge in [0.25, 0.3) is 5.91 Å². The Morgan fingerprint density at radius 2 is 2.04 bits per heavy atom. The van der Waals surface area contributed by atoms with Crippen LogP contribution in [0.15, 0.2) is 36.5 Å². The van der Waals surface area contributed by atoms with E-state index in [-0.39, 0.29) is 11.6 Å². The number of carbonyl (C=O) groups excluding carboxylic acids is 1. The van der Waals surface area contributed by atoms with Crippen LogP contribution in [0.1, 0.15) is 16.2 Å². The van der Waals surface area contributed by atoms with Crippen molar-refractivity contribution in [3.05, 3.63) is 58.8 Å². The smallest absolute Gasteiger partial charge is 0.272 e. The maximum absolute atomic E-state index is 14.1. The summed E-state index contributed by atoms with van der Waals surface area (Å²) in [5, 5.41) is 3.40. The number of amides is 1. The average molecular weight is 389 g/mol. The summed E-state index contributed by atoms with van der Waals surface area (Å²) < 4.78 is 21.2. The lowest BCUT2D eigenvalue weighted by molar-refractivity contribution is 0.0297. The molecule has 6 nitrogen and oxygen atoms in total. The van der Waals surface area contributed by atoms with Gasteiger partial charge in [-0.15, -0.1) is 0 Å². The molecule has 8 heteroatoms. The van der Waals surface area contributed by atoms with Gasteiger partial charge in [-0.1, -0.05) is 11.6 Å². The number of carbonyl (C=O) groups is 1. The van der Waals surface area contributed by atoms with Crippen LogP contribution < -0.4 is 5.32 Å². The predicted octanol–water partition coefficient (Wildman–Crippen LogP) is 3.65. The third-order valence-electron chi connectivity index (χ3n) is 4.57. The first-order valence-electron chi connectivity index (χ1n) is 8.61. The summed E-state index contributed by atoms with van der Waals surface area (Å²) in [6, 6.07) is 8.02. The molecule has 4 rings (SSSR count). The van der Waals surface area contributed by atoms with Gasteiger partial charge in [0.2, 0.25) is 0 Å². The van der Waals surface area contributed by atoms with Gasteiger partial charge >= 0.3 is 0 Å².